The molecule has 0 radical (unpaired) electrons. The van der Waals surface area contributed by atoms with E-state index in [0.29, 0.717) is 18.1 Å². The third-order valence-corrected chi connectivity index (χ3v) is 3.91. The molecule has 0 aromatic carbocycles. The molecule has 1 aliphatic rings. The van der Waals surface area contributed by atoms with Crippen LogP contribution in [0.2, 0.25) is 5.22 Å². The minimum absolute atomic E-state index is 0.0822. The van der Waals surface area contributed by atoms with Gasteiger partial charge in [0.25, 0.3) is 0 Å². The first kappa shape index (κ1) is 11.1. The Morgan fingerprint density at radius 2 is 2.20 bits per heavy atom. The fourth-order valence-electron chi connectivity index (χ4n) is 1.78. The normalized spacial score (nSPS) is 17.9. The Morgan fingerprint density at radius 1 is 1.47 bits per heavy atom. The van der Waals surface area contributed by atoms with E-state index in [2.05, 4.69) is 0 Å². The number of hydrogen-bond acceptors (Lipinski definition) is 3. The number of carbonyl (C=O) groups is 1. The smallest absolute Gasteiger partial charge is 0.198 e. The summed E-state index contributed by atoms with van der Waals surface area (Å²) in [5, 5.41) is 0.289. The van der Waals surface area contributed by atoms with Gasteiger partial charge in [-0.3, -0.25) is 4.79 Å². The number of ketones is 1. The molecule has 15 heavy (non-hydrogen) atoms. The molecule has 1 fully saturated rings. The standard InChI is InChI=1S/C11H13ClO2S/c12-11-2-1-10(14-11)9(13)7-8-3-5-15-6-4-8/h1-2,8H,3-7H2. The molecule has 1 aromatic rings. The molecule has 0 amide bonds. The molecule has 1 aliphatic heterocycles. The van der Waals surface area contributed by atoms with E-state index in [1.165, 1.54) is 11.5 Å². The Kier molecular flexibility index (Phi) is 3.76. The molecule has 2 heterocycles. The fraction of sp³-hybridized carbons (Fsp3) is 0.545. The molecule has 82 valence electrons. The fourth-order valence-corrected chi connectivity index (χ4v) is 3.13. The van der Waals surface area contributed by atoms with Crippen LogP contribution in [0.5, 0.6) is 0 Å². The van der Waals surface area contributed by atoms with Crippen molar-refractivity contribution in [1.29, 1.82) is 0 Å². The maximum absolute atomic E-state index is 11.8. The molecule has 2 rings (SSSR count). The van der Waals surface area contributed by atoms with Gasteiger partial charge >= 0.3 is 0 Å². The highest BCUT2D eigenvalue weighted by molar-refractivity contribution is 7.99. The first-order chi connectivity index (χ1) is 7.25. The number of halogens is 1. The van der Waals surface area contributed by atoms with Crippen molar-refractivity contribution < 1.29 is 9.21 Å². The van der Waals surface area contributed by atoms with Gasteiger partial charge in [-0.15, -0.1) is 0 Å². The summed E-state index contributed by atoms with van der Waals surface area (Å²) in [6.07, 6.45) is 2.89. The molecule has 0 N–H and O–H groups in total. The van der Waals surface area contributed by atoms with E-state index in [0.717, 1.165) is 12.8 Å². The van der Waals surface area contributed by atoms with Gasteiger partial charge in [-0.2, -0.15) is 11.8 Å². The number of carbonyl (C=O) groups excluding carboxylic acids is 1. The lowest BCUT2D eigenvalue weighted by Crippen LogP contribution is -2.14. The molecule has 0 atom stereocenters. The van der Waals surface area contributed by atoms with Crippen molar-refractivity contribution in [3.63, 3.8) is 0 Å². The highest BCUT2D eigenvalue weighted by Gasteiger charge is 2.19. The first-order valence-electron chi connectivity index (χ1n) is 5.12. The van der Waals surface area contributed by atoms with Gasteiger partial charge in [0.05, 0.1) is 0 Å². The van der Waals surface area contributed by atoms with E-state index < -0.39 is 0 Å². The second-order valence-corrected chi connectivity index (χ2v) is 5.38. The van der Waals surface area contributed by atoms with Crippen LogP contribution in [0.15, 0.2) is 16.5 Å². The number of rotatable bonds is 3. The van der Waals surface area contributed by atoms with E-state index >= 15 is 0 Å². The minimum atomic E-state index is 0.0822. The number of Topliss-reactive ketones (excluding diaryl/α,β-unsaturated/α-hetero) is 1. The average Bonchev–Trinajstić information content (AvgIpc) is 2.66. The first-order valence-corrected chi connectivity index (χ1v) is 6.65. The van der Waals surface area contributed by atoms with E-state index in [-0.39, 0.29) is 11.0 Å². The number of thioether (sulfide) groups is 1. The van der Waals surface area contributed by atoms with Gasteiger partial charge in [0.2, 0.25) is 0 Å². The van der Waals surface area contributed by atoms with Crippen LogP contribution in [0.3, 0.4) is 0 Å². The second kappa shape index (κ2) is 5.08. The summed E-state index contributed by atoms with van der Waals surface area (Å²) < 4.78 is 5.10. The molecule has 0 spiro atoms. The number of hydrogen-bond donors (Lipinski definition) is 0. The molecule has 0 unspecified atom stereocenters. The van der Waals surface area contributed by atoms with E-state index in [4.69, 9.17) is 16.0 Å². The second-order valence-electron chi connectivity index (χ2n) is 3.79. The summed E-state index contributed by atoms with van der Waals surface area (Å²) in [4.78, 5) is 11.8. The Labute approximate surface area is 98.4 Å². The van der Waals surface area contributed by atoms with Crippen molar-refractivity contribution in [3.8, 4) is 0 Å². The van der Waals surface area contributed by atoms with Crippen LogP contribution in [0.4, 0.5) is 0 Å². The SMILES string of the molecule is O=C(CC1CCSCC1)c1ccc(Cl)o1. The zero-order valence-electron chi connectivity index (χ0n) is 8.37. The lowest BCUT2D eigenvalue weighted by Gasteiger charge is -2.19. The minimum Gasteiger partial charge on any atom is -0.442 e. The quantitative estimate of drug-likeness (QED) is 0.761. The van der Waals surface area contributed by atoms with Gasteiger partial charge in [0.15, 0.2) is 16.8 Å². The zero-order valence-corrected chi connectivity index (χ0v) is 9.94. The van der Waals surface area contributed by atoms with Crippen LogP contribution >= 0.6 is 23.4 Å². The van der Waals surface area contributed by atoms with Crippen molar-refractivity contribution in [3.05, 3.63) is 23.1 Å². The van der Waals surface area contributed by atoms with E-state index in [1.807, 2.05) is 11.8 Å². The Hall–Kier alpha value is -0.410. The van der Waals surface area contributed by atoms with Crippen molar-refractivity contribution in [2.75, 3.05) is 11.5 Å². The highest BCUT2D eigenvalue weighted by atomic mass is 35.5. The summed E-state index contributed by atoms with van der Waals surface area (Å²) in [5.41, 5.74) is 0. The summed E-state index contributed by atoms with van der Waals surface area (Å²) in [6, 6.07) is 3.27. The molecular formula is C11H13ClO2S. The summed E-state index contributed by atoms with van der Waals surface area (Å²) in [6.45, 7) is 0. The van der Waals surface area contributed by atoms with Crippen molar-refractivity contribution in [2.24, 2.45) is 5.92 Å². The third-order valence-electron chi connectivity index (χ3n) is 2.66. The third kappa shape index (κ3) is 3.02. The molecular weight excluding hydrogens is 232 g/mol. The van der Waals surface area contributed by atoms with E-state index in [9.17, 15) is 4.79 Å². The van der Waals surface area contributed by atoms with Crippen LogP contribution in [-0.2, 0) is 0 Å². The molecule has 0 aliphatic carbocycles. The summed E-state index contributed by atoms with van der Waals surface area (Å²) in [5.74, 6) is 3.37. The average molecular weight is 245 g/mol. The van der Waals surface area contributed by atoms with Crippen LogP contribution < -0.4 is 0 Å². The zero-order chi connectivity index (χ0) is 10.7. The molecule has 0 bridgehead atoms. The van der Waals surface area contributed by atoms with Crippen molar-refractivity contribution >= 4 is 29.1 Å². The van der Waals surface area contributed by atoms with Crippen LogP contribution in [0, 0.1) is 5.92 Å². The molecule has 2 nitrogen and oxygen atoms in total. The lowest BCUT2D eigenvalue weighted by molar-refractivity contribution is 0.0931. The van der Waals surface area contributed by atoms with Crippen molar-refractivity contribution in [2.45, 2.75) is 19.3 Å². The molecule has 0 saturated carbocycles. The maximum atomic E-state index is 11.8. The maximum Gasteiger partial charge on any atom is 0.198 e. The molecule has 1 aromatic heterocycles. The lowest BCUT2D eigenvalue weighted by atomic mass is 9.96. The highest BCUT2D eigenvalue weighted by Crippen LogP contribution is 2.27. The topological polar surface area (TPSA) is 30.2 Å². The predicted molar refractivity (Wildman–Crippen MR) is 62.7 cm³/mol. The molecule has 1 saturated heterocycles. The van der Waals surface area contributed by atoms with Gasteiger partial charge in [-0.25, -0.2) is 0 Å². The van der Waals surface area contributed by atoms with Gasteiger partial charge in [-0.1, -0.05) is 0 Å². The Morgan fingerprint density at radius 3 is 2.80 bits per heavy atom. The number of furan rings is 1. The van der Waals surface area contributed by atoms with Crippen LogP contribution in [0.25, 0.3) is 0 Å². The van der Waals surface area contributed by atoms with E-state index in [1.54, 1.807) is 12.1 Å². The molecule has 4 heteroatoms. The van der Waals surface area contributed by atoms with Gasteiger partial charge < -0.3 is 4.42 Å². The van der Waals surface area contributed by atoms with Gasteiger partial charge in [-0.05, 0) is 54.0 Å². The summed E-state index contributed by atoms with van der Waals surface area (Å²) >= 11 is 7.59. The Bertz CT molecular complexity index is 342. The van der Waals surface area contributed by atoms with Gasteiger partial charge in [0.1, 0.15) is 0 Å². The largest absolute Gasteiger partial charge is 0.442 e. The van der Waals surface area contributed by atoms with Crippen LogP contribution in [-0.4, -0.2) is 17.3 Å². The van der Waals surface area contributed by atoms with Gasteiger partial charge in [0, 0.05) is 6.42 Å². The Balaban J connectivity index is 1.91. The van der Waals surface area contributed by atoms with Crippen LogP contribution in [0.1, 0.15) is 29.8 Å². The predicted octanol–water partition coefficient (Wildman–Crippen LogP) is 3.65. The van der Waals surface area contributed by atoms with Crippen molar-refractivity contribution in [1.82, 2.24) is 0 Å². The monoisotopic (exact) mass is 244 g/mol. The summed E-state index contributed by atoms with van der Waals surface area (Å²) in [7, 11) is 0.